The Hall–Kier alpha value is -3.22. The van der Waals surface area contributed by atoms with Crippen molar-refractivity contribution in [2.75, 3.05) is 0 Å². The molecule has 2 fully saturated rings. The number of nitrogens with zero attached hydrogens (tertiary/aromatic N) is 3. The lowest BCUT2D eigenvalue weighted by atomic mass is 9.53. The molecule has 10 heteroatoms. The van der Waals surface area contributed by atoms with Gasteiger partial charge in [0.15, 0.2) is 17.0 Å². The van der Waals surface area contributed by atoms with Gasteiger partial charge >= 0.3 is 0 Å². The summed E-state index contributed by atoms with van der Waals surface area (Å²) in [6, 6.07) is 12.7. The summed E-state index contributed by atoms with van der Waals surface area (Å²) in [7, 11) is 0. The first-order valence-electron chi connectivity index (χ1n) is 9.23. The third-order valence-corrected chi connectivity index (χ3v) is 6.77. The molecule has 4 atom stereocenters. The van der Waals surface area contributed by atoms with Gasteiger partial charge in [-0.2, -0.15) is 15.8 Å². The molecule has 160 valence electrons. The first-order valence-corrected chi connectivity index (χ1v) is 9.99. The number of nitriles is 3. The van der Waals surface area contributed by atoms with E-state index in [1.165, 1.54) is 25.1 Å². The van der Waals surface area contributed by atoms with E-state index in [1.54, 1.807) is 0 Å². The molecule has 2 aliphatic heterocycles. The normalized spacial score (nSPS) is 30.0. The maximum atomic E-state index is 14.1. The standard InChI is InChI=1S/C22H12Cl2F2N4O2/c1-11-21(10-29)19(30)32-22(11,14-4-3-13(23)7-15(14)24)31-18(20(21,8-27)9-28)12-2-5-16(25)17(26)6-12/h2-7,11,18,30H,1H3. The number of halogens is 4. The zero-order chi connectivity index (χ0) is 23.5. The summed E-state index contributed by atoms with van der Waals surface area (Å²) in [5, 5.41) is 39.4. The van der Waals surface area contributed by atoms with Crippen LogP contribution in [0.25, 0.3) is 0 Å². The lowest BCUT2D eigenvalue weighted by Gasteiger charge is -2.49. The molecule has 4 rings (SSSR count). The van der Waals surface area contributed by atoms with Gasteiger partial charge in [-0.15, -0.1) is 0 Å². The molecular formula is C22H12Cl2F2N4O2. The van der Waals surface area contributed by atoms with Gasteiger partial charge in [0.05, 0.1) is 29.1 Å². The van der Waals surface area contributed by atoms with E-state index in [0.29, 0.717) is 5.02 Å². The molecule has 32 heavy (non-hydrogen) atoms. The fraction of sp³-hybridized carbons (Fsp3) is 0.273. The molecule has 1 N–H and O–H groups in total. The van der Waals surface area contributed by atoms with Gasteiger partial charge in [0, 0.05) is 10.6 Å². The molecule has 0 aliphatic carbocycles. The molecule has 2 saturated heterocycles. The number of hydrogen-bond acceptors (Lipinski definition) is 6. The fourth-order valence-electron chi connectivity index (χ4n) is 4.59. The van der Waals surface area contributed by atoms with Crippen molar-refractivity contribution in [3.63, 3.8) is 0 Å². The van der Waals surface area contributed by atoms with Gasteiger partial charge < -0.3 is 9.47 Å². The molecule has 2 aromatic rings. The van der Waals surface area contributed by atoms with Crippen molar-refractivity contribution in [1.82, 2.24) is 0 Å². The van der Waals surface area contributed by atoms with Crippen LogP contribution in [0.1, 0.15) is 24.2 Å². The van der Waals surface area contributed by atoms with Crippen LogP contribution in [-0.4, -0.2) is 5.90 Å². The van der Waals surface area contributed by atoms with Crippen LogP contribution in [0.15, 0.2) is 36.4 Å². The van der Waals surface area contributed by atoms with E-state index in [2.05, 4.69) is 0 Å². The number of ether oxygens (including phenoxy) is 2. The minimum absolute atomic E-state index is 0.0775. The summed E-state index contributed by atoms with van der Waals surface area (Å²) in [6.07, 6.45) is -1.59. The highest BCUT2D eigenvalue weighted by Gasteiger charge is 2.80. The Morgan fingerprint density at radius 1 is 1.00 bits per heavy atom. The van der Waals surface area contributed by atoms with Gasteiger partial charge in [0.25, 0.3) is 0 Å². The third kappa shape index (κ3) is 2.48. The Kier molecular flexibility index (Phi) is 4.91. The second-order valence-corrected chi connectivity index (χ2v) is 8.41. The molecular weight excluding hydrogens is 461 g/mol. The number of fused-ring (bicyclic) bond motifs is 2. The lowest BCUT2D eigenvalue weighted by Crippen LogP contribution is -2.57. The van der Waals surface area contributed by atoms with Crippen LogP contribution < -0.4 is 0 Å². The number of hydrogen-bond donors (Lipinski definition) is 1. The molecule has 2 aliphatic rings. The Bertz CT molecular complexity index is 1280. The second-order valence-electron chi connectivity index (χ2n) is 7.57. The van der Waals surface area contributed by atoms with Crippen molar-refractivity contribution in [2.45, 2.75) is 18.8 Å². The Morgan fingerprint density at radius 2 is 1.69 bits per heavy atom. The molecule has 0 amide bonds. The van der Waals surface area contributed by atoms with Gasteiger partial charge in [-0.1, -0.05) is 36.2 Å². The Balaban J connectivity index is 2.07. The van der Waals surface area contributed by atoms with Gasteiger partial charge in [-0.3, -0.25) is 5.41 Å². The zero-order valence-corrected chi connectivity index (χ0v) is 17.8. The van der Waals surface area contributed by atoms with Crippen LogP contribution in [0, 0.1) is 67.8 Å². The monoisotopic (exact) mass is 472 g/mol. The summed E-state index contributed by atoms with van der Waals surface area (Å²) in [6.45, 7) is 1.50. The largest absolute Gasteiger partial charge is 0.443 e. The van der Waals surface area contributed by atoms with Crippen LogP contribution in [0.4, 0.5) is 8.78 Å². The molecule has 0 radical (unpaired) electrons. The zero-order valence-electron chi connectivity index (χ0n) is 16.3. The molecule has 4 unspecified atom stereocenters. The number of nitrogens with one attached hydrogen (secondary N) is 1. The highest BCUT2D eigenvalue weighted by molar-refractivity contribution is 6.35. The SMILES string of the molecule is CC1C2(c3ccc(Cl)cc3Cl)OC(=N)C1(C#N)C(C#N)(C#N)C(c1ccc(F)c(F)c1)O2. The smallest absolute Gasteiger partial charge is 0.245 e. The molecule has 2 heterocycles. The van der Waals surface area contributed by atoms with E-state index >= 15 is 0 Å². The van der Waals surface area contributed by atoms with E-state index in [1.807, 2.05) is 18.2 Å². The fourth-order valence-corrected chi connectivity index (χ4v) is 5.13. The number of rotatable bonds is 2. The van der Waals surface area contributed by atoms with Crippen LogP contribution in [0.2, 0.25) is 10.0 Å². The molecule has 0 spiro atoms. The summed E-state index contributed by atoms with van der Waals surface area (Å²) < 4.78 is 39.7. The van der Waals surface area contributed by atoms with E-state index < -0.39 is 46.2 Å². The molecule has 2 aromatic carbocycles. The highest BCUT2D eigenvalue weighted by atomic mass is 35.5. The first-order chi connectivity index (χ1) is 15.1. The van der Waals surface area contributed by atoms with Gasteiger partial charge in [-0.25, -0.2) is 8.78 Å². The van der Waals surface area contributed by atoms with Gasteiger partial charge in [0.1, 0.15) is 6.10 Å². The van der Waals surface area contributed by atoms with Crippen molar-refractivity contribution >= 4 is 29.1 Å². The number of benzene rings is 2. The van der Waals surface area contributed by atoms with Crippen molar-refractivity contribution in [3.05, 3.63) is 69.2 Å². The maximum absolute atomic E-state index is 14.1. The molecule has 0 saturated carbocycles. The predicted molar refractivity (Wildman–Crippen MR) is 108 cm³/mol. The predicted octanol–water partition coefficient (Wildman–Crippen LogP) is 5.38. The summed E-state index contributed by atoms with van der Waals surface area (Å²) in [5.41, 5.74) is -4.30. The van der Waals surface area contributed by atoms with Crippen molar-refractivity contribution in [3.8, 4) is 18.2 Å². The van der Waals surface area contributed by atoms with Crippen molar-refractivity contribution in [2.24, 2.45) is 16.7 Å². The maximum Gasteiger partial charge on any atom is 0.245 e. The molecule has 0 aromatic heterocycles. The Morgan fingerprint density at radius 3 is 2.25 bits per heavy atom. The summed E-state index contributed by atoms with van der Waals surface area (Å²) >= 11 is 12.4. The van der Waals surface area contributed by atoms with Gasteiger partial charge in [0.2, 0.25) is 17.1 Å². The minimum Gasteiger partial charge on any atom is -0.443 e. The first kappa shape index (κ1) is 22.0. The van der Waals surface area contributed by atoms with Crippen LogP contribution >= 0.6 is 23.2 Å². The van der Waals surface area contributed by atoms with Crippen LogP contribution in [-0.2, 0) is 15.3 Å². The van der Waals surface area contributed by atoms with Gasteiger partial charge in [-0.05, 0) is 35.9 Å². The highest BCUT2D eigenvalue weighted by Crippen LogP contribution is 2.69. The Labute approximate surface area is 191 Å². The van der Waals surface area contributed by atoms with E-state index in [0.717, 1.165) is 18.2 Å². The summed E-state index contributed by atoms with van der Waals surface area (Å²) in [5.74, 6) is -5.97. The topological polar surface area (TPSA) is 114 Å². The van der Waals surface area contributed by atoms with Crippen molar-refractivity contribution in [1.29, 1.82) is 21.2 Å². The summed E-state index contributed by atoms with van der Waals surface area (Å²) in [4.78, 5) is 0. The third-order valence-electron chi connectivity index (χ3n) is 6.22. The lowest BCUT2D eigenvalue weighted by molar-refractivity contribution is -0.288. The second kappa shape index (κ2) is 7.15. The molecule has 6 nitrogen and oxygen atoms in total. The van der Waals surface area contributed by atoms with E-state index in [-0.39, 0.29) is 16.1 Å². The minimum atomic E-state index is -2.32. The molecule has 2 bridgehead atoms. The van der Waals surface area contributed by atoms with Crippen molar-refractivity contribution < 1.29 is 18.3 Å². The van der Waals surface area contributed by atoms with Crippen LogP contribution in [0.3, 0.4) is 0 Å². The van der Waals surface area contributed by atoms with E-state index in [9.17, 15) is 24.6 Å². The van der Waals surface area contributed by atoms with E-state index in [4.69, 9.17) is 38.1 Å². The average Bonchev–Trinajstić information content (AvgIpc) is 2.92. The van der Waals surface area contributed by atoms with Crippen LogP contribution in [0.5, 0.6) is 0 Å². The quantitative estimate of drug-likeness (QED) is 0.629. The average molecular weight is 473 g/mol.